The number of nitrogens with zero attached hydrogens (tertiary/aromatic N) is 4. The number of furan rings is 1. The van der Waals surface area contributed by atoms with Gasteiger partial charge in [-0.25, -0.2) is 10.1 Å². The maximum Gasteiger partial charge on any atom is 0.264 e. The summed E-state index contributed by atoms with van der Waals surface area (Å²) < 4.78 is 6.61. The molecule has 2 heterocycles. The van der Waals surface area contributed by atoms with Gasteiger partial charge >= 0.3 is 0 Å². The summed E-state index contributed by atoms with van der Waals surface area (Å²) in [7, 11) is 0. The van der Waals surface area contributed by atoms with Gasteiger partial charge in [0.05, 0.1) is 12.0 Å². The van der Waals surface area contributed by atoms with Crippen molar-refractivity contribution in [3.63, 3.8) is 0 Å². The lowest BCUT2D eigenvalue weighted by Crippen LogP contribution is -2.14. The molecule has 1 aromatic carbocycles. The van der Waals surface area contributed by atoms with Crippen LogP contribution in [-0.2, 0) is 0 Å². The van der Waals surface area contributed by atoms with Crippen molar-refractivity contribution in [2.45, 2.75) is 19.0 Å². The summed E-state index contributed by atoms with van der Waals surface area (Å²) in [4.78, 5) is 12.2. The van der Waals surface area contributed by atoms with Crippen LogP contribution in [0.5, 0.6) is 0 Å². The van der Waals surface area contributed by atoms with Gasteiger partial charge < -0.3 is 10.3 Å². The summed E-state index contributed by atoms with van der Waals surface area (Å²) in [5, 5.41) is 12.3. The highest BCUT2D eigenvalue weighted by atomic mass is 32.2. The minimum atomic E-state index is -0.00119. The molecule has 0 saturated heterocycles. The molecule has 0 spiro atoms. The molecule has 9 heteroatoms. The number of hydrogen-bond acceptors (Lipinski definition) is 8. The molecule has 0 saturated carbocycles. The lowest BCUT2D eigenvalue weighted by Gasteiger charge is -2.03. The van der Waals surface area contributed by atoms with Gasteiger partial charge in [-0.1, -0.05) is 41.6 Å². The van der Waals surface area contributed by atoms with E-state index in [1.165, 1.54) is 22.7 Å². The fourth-order valence-corrected chi connectivity index (χ4v) is 2.83. The number of Topliss-reactive ketones (excluding diaryl/α,β-unsaturated/α-hetero) is 1. The first kappa shape index (κ1) is 17.7. The Morgan fingerprint density at radius 2 is 2.04 bits per heavy atom. The molecule has 3 aromatic rings. The third kappa shape index (κ3) is 4.31. The Hall–Kier alpha value is -3.07. The fourth-order valence-electron chi connectivity index (χ4n) is 2.08. The third-order valence-corrected chi connectivity index (χ3v) is 4.43. The van der Waals surface area contributed by atoms with E-state index in [9.17, 15) is 4.79 Å². The molecule has 0 atom stereocenters. The Bertz CT molecular complexity index is 929. The van der Waals surface area contributed by atoms with Gasteiger partial charge in [0.25, 0.3) is 5.95 Å². The number of hydrazone groups is 1. The predicted molar refractivity (Wildman–Crippen MR) is 101 cm³/mol. The Morgan fingerprint density at radius 1 is 1.27 bits per heavy atom. The van der Waals surface area contributed by atoms with Crippen molar-refractivity contribution < 1.29 is 9.21 Å². The van der Waals surface area contributed by atoms with E-state index < -0.39 is 0 Å². The molecule has 8 nitrogen and oxygen atoms in total. The minimum Gasteiger partial charge on any atom is -0.460 e. The molecule has 3 N–H and O–H groups in total. The van der Waals surface area contributed by atoms with Crippen molar-refractivity contribution in [3.8, 4) is 0 Å². The number of carbonyl (C=O) groups is 1. The first-order valence-electron chi connectivity index (χ1n) is 7.81. The first-order valence-corrected chi connectivity index (χ1v) is 8.80. The van der Waals surface area contributed by atoms with Crippen molar-refractivity contribution in [1.29, 1.82) is 0 Å². The predicted octanol–water partition coefficient (Wildman–Crippen LogP) is 2.62. The van der Waals surface area contributed by atoms with Crippen LogP contribution in [-0.4, -0.2) is 32.6 Å². The van der Waals surface area contributed by atoms with Gasteiger partial charge in [-0.2, -0.15) is 5.10 Å². The molecule has 0 unspecified atom stereocenters. The van der Waals surface area contributed by atoms with E-state index in [0.717, 1.165) is 11.3 Å². The van der Waals surface area contributed by atoms with Crippen molar-refractivity contribution in [2.75, 3.05) is 17.0 Å². The molecule has 0 radical (unpaired) electrons. The lowest BCUT2D eigenvalue weighted by atomic mass is 10.1. The van der Waals surface area contributed by atoms with Crippen LogP contribution in [0.15, 0.2) is 51.1 Å². The highest BCUT2D eigenvalue weighted by Crippen LogP contribution is 2.18. The second-order valence-corrected chi connectivity index (χ2v) is 6.51. The largest absolute Gasteiger partial charge is 0.460 e. The molecule has 2 aromatic heterocycles. The number of rotatable bonds is 7. The van der Waals surface area contributed by atoms with Gasteiger partial charge in [0, 0.05) is 5.56 Å². The topological polar surface area (TPSA) is 111 Å². The first-order chi connectivity index (χ1) is 12.5. The normalized spacial score (nSPS) is 11.2. The third-order valence-electron chi connectivity index (χ3n) is 3.49. The molecule has 26 heavy (non-hydrogen) atoms. The zero-order valence-electron chi connectivity index (χ0n) is 14.3. The van der Waals surface area contributed by atoms with Crippen LogP contribution in [0.1, 0.15) is 27.4 Å². The lowest BCUT2D eigenvalue weighted by molar-refractivity contribution is 0.102. The van der Waals surface area contributed by atoms with Crippen LogP contribution in [0.3, 0.4) is 0 Å². The molecule has 0 aliphatic rings. The summed E-state index contributed by atoms with van der Waals surface area (Å²) >= 11 is 1.21. The van der Waals surface area contributed by atoms with Crippen molar-refractivity contribution in [2.24, 2.45) is 5.10 Å². The summed E-state index contributed by atoms with van der Waals surface area (Å²) in [6, 6.07) is 11.1. The monoisotopic (exact) mass is 370 g/mol. The average molecular weight is 370 g/mol. The minimum absolute atomic E-state index is 0.00119. The summed E-state index contributed by atoms with van der Waals surface area (Å²) in [6.45, 7) is 3.83. The van der Waals surface area contributed by atoms with Crippen LogP contribution in [0.4, 0.5) is 5.95 Å². The van der Waals surface area contributed by atoms with Crippen LogP contribution in [0, 0.1) is 13.8 Å². The average Bonchev–Trinajstić information content (AvgIpc) is 3.20. The summed E-state index contributed by atoms with van der Waals surface area (Å²) in [5.74, 6) is 7.81. The van der Waals surface area contributed by atoms with Crippen LogP contribution < -0.4 is 11.3 Å². The number of benzene rings is 1. The molecule has 0 aliphatic heterocycles. The number of nitrogens with two attached hydrogens (primary N) is 1. The van der Waals surface area contributed by atoms with E-state index in [-0.39, 0.29) is 17.5 Å². The van der Waals surface area contributed by atoms with Crippen LogP contribution in [0.25, 0.3) is 0 Å². The smallest absolute Gasteiger partial charge is 0.264 e. The molecular formula is C17H18N6O2S. The van der Waals surface area contributed by atoms with Gasteiger partial charge in [0.2, 0.25) is 5.16 Å². The number of ketones is 1. The van der Waals surface area contributed by atoms with Gasteiger partial charge in [0.1, 0.15) is 11.5 Å². The Balaban J connectivity index is 1.57. The molecule has 0 fully saturated rings. The summed E-state index contributed by atoms with van der Waals surface area (Å²) in [5.41, 5.74) is 4.46. The highest BCUT2D eigenvalue weighted by Gasteiger charge is 2.13. The maximum atomic E-state index is 12.2. The van der Waals surface area contributed by atoms with E-state index in [1.807, 2.05) is 44.2 Å². The number of nitrogen functional groups attached to an aromatic ring is 1. The van der Waals surface area contributed by atoms with Crippen molar-refractivity contribution in [1.82, 2.24) is 14.9 Å². The van der Waals surface area contributed by atoms with E-state index in [4.69, 9.17) is 10.3 Å². The van der Waals surface area contributed by atoms with Gasteiger partial charge in [-0.3, -0.25) is 4.79 Å². The maximum absolute atomic E-state index is 12.2. The number of carbonyl (C=O) groups excluding carboxylic acids is 1. The van der Waals surface area contributed by atoms with E-state index in [2.05, 4.69) is 20.7 Å². The number of thioether (sulfide) groups is 1. The Labute approximate surface area is 154 Å². The SMILES string of the molecule is Cc1ccc(C(=O)CSc2nnc(N/N=C/c3ccc(C)o3)n2N)cc1. The van der Waals surface area contributed by atoms with Crippen LogP contribution in [0.2, 0.25) is 0 Å². The standard InChI is InChI=1S/C17H18N6O2S/c1-11-3-6-13(7-4-11)15(24)10-26-17-22-21-16(23(17)18)20-19-9-14-8-5-12(2)25-14/h3-9H,10,18H2,1-2H3,(H,20,21)/b19-9+. The van der Waals surface area contributed by atoms with Crippen LogP contribution >= 0.6 is 11.8 Å². The van der Waals surface area contributed by atoms with E-state index in [1.54, 1.807) is 6.07 Å². The van der Waals surface area contributed by atoms with Gasteiger partial charge in [-0.15, -0.1) is 10.2 Å². The summed E-state index contributed by atoms with van der Waals surface area (Å²) in [6.07, 6.45) is 1.51. The highest BCUT2D eigenvalue weighted by molar-refractivity contribution is 7.99. The Kier molecular flexibility index (Phi) is 5.37. The van der Waals surface area contributed by atoms with E-state index in [0.29, 0.717) is 16.5 Å². The van der Waals surface area contributed by atoms with Gasteiger partial charge in [-0.05, 0) is 26.0 Å². The fraction of sp³-hybridized carbons (Fsp3) is 0.176. The number of aryl methyl sites for hydroxylation is 2. The van der Waals surface area contributed by atoms with E-state index >= 15 is 0 Å². The number of hydrogen-bond donors (Lipinski definition) is 2. The molecule has 134 valence electrons. The zero-order valence-corrected chi connectivity index (χ0v) is 15.2. The quantitative estimate of drug-likeness (QED) is 0.216. The molecule has 3 rings (SSSR count). The molecular weight excluding hydrogens is 352 g/mol. The second kappa shape index (κ2) is 7.87. The number of anilines is 1. The second-order valence-electron chi connectivity index (χ2n) is 5.57. The number of aromatic nitrogens is 3. The Morgan fingerprint density at radius 3 is 2.73 bits per heavy atom. The van der Waals surface area contributed by atoms with Crippen molar-refractivity contribution >= 4 is 29.7 Å². The molecule has 0 bridgehead atoms. The van der Waals surface area contributed by atoms with Gasteiger partial charge in [0.15, 0.2) is 5.78 Å². The number of nitrogens with one attached hydrogen (secondary N) is 1. The zero-order chi connectivity index (χ0) is 18.5. The molecule has 0 aliphatic carbocycles. The molecule has 0 amide bonds. The van der Waals surface area contributed by atoms with Crippen molar-refractivity contribution in [3.05, 3.63) is 59.0 Å².